The van der Waals surface area contributed by atoms with Gasteiger partial charge in [-0.1, -0.05) is 0 Å². The van der Waals surface area contributed by atoms with Gasteiger partial charge in [0.2, 0.25) is 11.8 Å². The zero-order chi connectivity index (χ0) is 23.4. The zero-order valence-corrected chi connectivity index (χ0v) is 17.2. The largest absolute Gasteiger partial charge is 0.319 e. The minimum absolute atomic E-state index is 0.0501. The normalized spacial score (nSPS) is 33.0. The number of amidine groups is 1. The molecule has 3 atom stereocenters. The second-order valence-electron chi connectivity index (χ2n) is 8.74. The molecule has 0 spiro atoms. The van der Waals surface area contributed by atoms with Crippen molar-refractivity contribution < 1.29 is 26.3 Å². The summed E-state index contributed by atoms with van der Waals surface area (Å²) in [7, 11) is 0. The van der Waals surface area contributed by atoms with Gasteiger partial charge in [-0.2, -0.15) is 8.78 Å². The van der Waals surface area contributed by atoms with Crippen LogP contribution in [0.2, 0.25) is 0 Å². The van der Waals surface area contributed by atoms with Crippen molar-refractivity contribution in [2.75, 3.05) is 0 Å². The average molecular weight is 463 g/mol. The number of nitrogens with zero attached hydrogens (tertiary/aromatic N) is 4. The SMILES string of the molecule is CC(F)(F)c1cncc(C2=NC(N)(C3CCC(F)(F)C3)NC(=NC3CCC(F)(F)C3)N2)n1. The summed E-state index contributed by atoms with van der Waals surface area (Å²) in [4.78, 5) is 16.1. The van der Waals surface area contributed by atoms with E-state index < -0.39 is 54.0 Å². The van der Waals surface area contributed by atoms with Gasteiger partial charge in [0, 0.05) is 38.5 Å². The lowest BCUT2D eigenvalue weighted by atomic mass is 9.98. The molecule has 13 heteroatoms. The number of halogens is 6. The van der Waals surface area contributed by atoms with Crippen LogP contribution in [-0.4, -0.2) is 45.4 Å². The first kappa shape index (κ1) is 22.7. The van der Waals surface area contributed by atoms with Crippen LogP contribution in [0, 0.1) is 5.92 Å². The summed E-state index contributed by atoms with van der Waals surface area (Å²) >= 11 is 0. The zero-order valence-electron chi connectivity index (χ0n) is 17.2. The number of nitrogens with one attached hydrogen (secondary N) is 2. The quantitative estimate of drug-likeness (QED) is 0.596. The van der Waals surface area contributed by atoms with Gasteiger partial charge in [-0.15, -0.1) is 0 Å². The number of rotatable bonds is 4. The second-order valence-corrected chi connectivity index (χ2v) is 8.74. The summed E-state index contributed by atoms with van der Waals surface area (Å²) in [5, 5.41) is 5.49. The Kier molecular flexibility index (Phi) is 5.37. The molecule has 0 amide bonds. The molecule has 3 unspecified atom stereocenters. The van der Waals surface area contributed by atoms with Crippen LogP contribution in [0.1, 0.15) is 56.8 Å². The van der Waals surface area contributed by atoms with Gasteiger partial charge >= 0.3 is 0 Å². The average Bonchev–Trinajstić information content (AvgIpc) is 3.22. The molecule has 0 saturated heterocycles. The third-order valence-electron chi connectivity index (χ3n) is 5.89. The number of aromatic nitrogens is 2. The summed E-state index contributed by atoms with van der Waals surface area (Å²) in [6, 6.07) is -0.731. The molecule has 0 bridgehead atoms. The van der Waals surface area contributed by atoms with E-state index in [1.54, 1.807) is 0 Å². The molecule has 0 radical (unpaired) electrons. The molecule has 2 saturated carbocycles. The molecule has 1 aromatic heterocycles. The smallest absolute Gasteiger partial charge is 0.288 e. The monoisotopic (exact) mass is 463 g/mol. The number of guanidine groups is 1. The van der Waals surface area contributed by atoms with Crippen molar-refractivity contribution >= 4 is 11.8 Å². The Morgan fingerprint density at radius 1 is 1.09 bits per heavy atom. The van der Waals surface area contributed by atoms with E-state index in [-0.39, 0.29) is 43.2 Å². The van der Waals surface area contributed by atoms with Gasteiger partial charge in [-0.25, -0.2) is 32.5 Å². The van der Waals surface area contributed by atoms with Gasteiger partial charge in [0.15, 0.2) is 17.6 Å². The number of aliphatic imine (C=N–C) groups is 2. The fraction of sp³-hybridized carbons (Fsp3) is 0.684. The molecule has 2 fully saturated rings. The summed E-state index contributed by atoms with van der Waals surface area (Å²) in [6.45, 7) is 0.652. The van der Waals surface area contributed by atoms with Gasteiger partial charge in [-0.05, 0) is 12.8 Å². The predicted molar refractivity (Wildman–Crippen MR) is 104 cm³/mol. The van der Waals surface area contributed by atoms with Gasteiger partial charge in [0.25, 0.3) is 5.92 Å². The van der Waals surface area contributed by atoms with Gasteiger partial charge in [-0.3, -0.25) is 10.7 Å². The van der Waals surface area contributed by atoms with Crippen LogP contribution in [0.3, 0.4) is 0 Å². The number of hydrogen-bond acceptors (Lipinski definition) is 5. The molecule has 4 rings (SSSR count). The molecule has 176 valence electrons. The Morgan fingerprint density at radius 3 is 2.38 bits per heavy atom. The fourth-order valence-electron chi connectivity index (χ4n) is 4.19. The predicted octanol–water partition coefficient (Wildman–Crippen LogP) is 3.12. The summed E-state index contributed by atoms with van der Waals surface area (Å²) in [5.74, 6) is -11.8. The Morgan fingerprint density at radius 2 is 1.78 bits per heavy atom. The van der Waals surface area contributed by atoms with Gasteiger partial charge in [0.05, 0.1) is 18.4 Å². The van der Waals surface area contributed by atoms with E-state index in [0.717, 1.165) is 12.4 Å². The molecule has 2 aliphatic carbocycles. The molecular weight excluding hydrogens is 440 g/mol. The Balaban J connectivity index is 1.70. The molecule has 1 aliphatic heterocycles. The lowest BCUT2D eigenvalue weighted by Gasteiger charge is -2.38. The lowest BCUT2D eigenvalue weighted by molar-refractivity contribution is 0.000188. The van der Waals surface area contributed by atoms with Crippen molar-refractivity contribution in [1.82, 2.24) is 20.6 Å². The van der Waals surface area contributed by atoms with Crippen molar-refractivity contribution in [1.29, 1.82) is 0 Å². The topological polar surface area (TPSA) is 101 Å². The maximum Gasteiger partial charge on any atom is 0.288 e. The highest BCUT2D eigenvalue weighted by Crippen LogP contribution is 2.43. The van der Waals surface area contributed by atoms with Crippen molar-refractivity contribution in [2.45, 2.75) is 75.0 Å². The highest BCUT2D eigenvalue weighted by molar-refractivity contribution is 6.09. The number of alkyl halides is 6. The molecular formula is C19H23F6N7. The standard InChI is InChI=1S/C19H23F6N7/c1-16(20,21)13-9-27-8-12(29-13)14-30-15(28-11-3-5-18(24,25)7-11)32-19(26,31-14)10-2-4-17(22,23)6-10/h8-11H,2-7,26H2,1H3,(H2,28,30,31,32). The Labute approximate surface area is 180 Å². The third-order valence-corrected chi connectivity index (χ3v) is 5.89. The first-order valence-corrected chi connectivity index (χ1v) is 10.2. The van der Waals surface area contributed by atoms with E-state index in [2.05, 4.69) is 30.6 Å². The van der Waals surface area contributed by atoms with Crippen LogP contribution in [0.25, 0.3) is 0 Å². The Bertz CT molecular complexity index is 944. The Hall–Kier alpha value is -2.44. The third kappa shape index (κ3) is 4.81. The van der Waals surface area contributed by atoms with E-state index in [4.69, 9.17) is 5.73 Å². The van der Waals surface area contributed by atoms with Crippen molar-refractivity contribution in [2.24, 2.45) is 21.6 Å². The molecule has 7 nitrogen and oxygen atoms in total. The second kappa shape index (κ2) is 7.56. The first-order valence-electron chi connectivity index (χ1n) is 10.2. The van der Waals surface area contributed by atoms with E-state index in [1.165, 1.54) is 0 Å². The lowest BCUT2D eigenvalue weighted by Crippen LogP contribution is -2.66. The fourth-order valence-corrected chi connectivity index (χ4v) is 4.19. The summed E-state index contributed by atoms with van der Waals surface area (Å²) in [6.07, 6.45) is 0.533. The molecule has 1 aromatic rings. The van der Waals surface area contributed by atoms with Gasteiger partial charge < -0.3 is 10.6 Å². The van der Waals surface area contributed by atoms with Crippen LogP contribution < -0.4 is 16.4 Å². The minimum atomic E-state index is -3.28. The molecule has 0 aromatic carbocycles. The van der Waals surface area contributed by atoms with Crippen LogP contribution >= 0.6 is 0 Å². The van der Waals surface area contributed by atoms with Crippen molar-refractivity contribution in [3.63, 3.8) is 0 Å². The van der Waals surface area contributed by atoms with Crippen LogP contribution in [0.5, 0.6) is 0 Å². The summed E-state index contributed by atoms with van der Waals surface area (Å²) < 4.78 is 82.4. The maximum absolute atomic E-state index is 13.9. The van der Waals surface area contributed by atoms with E-state index in [9.17, 15) is 26.3 Å². The number of nitrogens with two attached hydrogens (primary N) is 1. The van der Waals surface area contributed by atoms with E-state index in [0.29, 0.717) is 6.92 Å². The maximum atomic E-state index is 13.9. The molecule has 4 N–H and O–H groups in total. The van der Waals surface area contributed by atoms with Crippen molar-refractivity contribution in [3.05, 3.63) is 23.8 Å². The van der Waals surface area contributed by atoms with E-state index in [1.807, 2.05) is 0 Å². The highest BCUT2D eigenvalue weighted by Gasteiger charge is 2.50. The van der Waals surface area contributed by atoms with Crippen LogP contribution in [-0.2, 0) is 5.92 Å². The molecule has 32 heavy (non-hydrogen) atoms. The first-order chi connectivity index (χ1) is 14.7. The summed E-state index contributed by atoms with van der Waals surface area (Å²) in [5.41, 5.74) is 5.63. The van der Waals surface area contributed by atoms with Crippen molar-refractivity contribution in [3.8, 4) is 0 Å². The van der Waals surface area contributed by atoms with Crippen LogP contribution in [0.15, 0.2) is 22.4 Å². The van der Waals surface area contributed by atoms with Crippen LogP contribution in [0.4, 0.5) is 26.3 Å². The minimum Gasteiger partial charge on any atom is -0.319 e. The highest BCUT2D eigenvalue weighted by atomic mass is 19.3. The molecule has 2 heterocycles. The van der Waals surface area contributed by atoms with E-state index >= 15 is 0 Å². The van der Waals surface area contributed by atoms with Gasteiger partial charge in [0.1, 0.15) is 11.4 Å². The molecule has 3 aliphatic rings. The number of hydrogen-bond donors (Lipinski definition) is 3.